The molecule has 0 radical (unpaired) electrons. The van der Waals surface area contributed by atoms with E-state index in [2.05, 4.69) is 26.6 Å². The molecule has 35 heavy (non-hydrogen) atoms. The van der Waals surface area contributed by atoms with Crippen molar-refractivity contribution in [2.24, 2.45) is 0 Å². The third-order valence-corrected chi connectivity index (χ3v) is 6.25. The number of rotatable bonds is 8. The number of benzene rings is 3. The second-order valence-corrected chi connectivity index (χ2v) is 8.88. The largest absolute Gasteiger partial charge is 0.478 e. The third-order valence-electron chi connectivity index (χ3n) is 5.76. The molecule has 9 heteroatoms. The molecule has 0 bridgehead atoms. The fraction of sp³-hybridized carbons (Fsp3) is 0.192. The molecule has 8 nitrogen and oxygen atoms in total. The summed E-state index contributed by atoms with van der Waals surface area (Å²) >= 11 is 3.21. The van der Waals surface area contributed by atoms with Crippen molar-refractivity contribution in [1.29, 1.82) is 0 Å². The van der Waals surface area contributed by atoms with E-state index in [1.54, 1.807) is 6.07 Å². The topological polar surface area (TPSA) is 114 Å². The summed E-state index contributed by atoms with van der Waals surface area (Å²) < 4.78 is 11.1. The van der Waals surface area contributed by atoms with Crippen molar-refractivity contribution >= 4 is 39.6 Å². The second-order valence-electron chi connectivity index (χ2n) is 7.96. The van der Waals surface area contributed by atoms with E-state index in [0.29, 0.717) is 4.47 Å². The number of anilines is 1. The second kappa shape index (κ2) is 10.7. The Kier molecular flexibility index (Phi) is 7.48. The maximum Gasteiger partial charge on any atom is 0.407 e. The van der Waals surface area contributed by atoms with Gasteiger partial charge >= 0.3 is 12.1 Å². The van der Waals surface area contributed by atoms with Crippen LogP contribution >= 0.6 is 15.9 Å². The highest BCUT2D eigenvalue weighted by Crippen LogP contribution is 2.44. The normalized spacial score (nSPS) is 12.9. The Bertz CT molecular complexity index is 1230. The Labute approximate surface area is 210 Å². The number of alkyl carbamates (subject to hydrolysis) is 1. The number of carbonyl (C=O) groups excluding carboxylic acids is 2. The van der Waals surface area contributed by atoms with Crippen molar-refractivity contribution in [3.8, 4) is 11.1 Å². The molecule has 0 aromatic heterocycles. The van der Waals surface area contributed by atoms with Crippen LogP contribution in [0, 0.1) is 0 Å². The van der Waals surface area contributed by atoms with Crippen LogP contribution in [-0.2, 0) is 14.3 Å². The average Bonchev–Trinajstić information content (AvgIpc) is 3.17. The van der Waals surface area contributed by atoms with Gasteiger partial charge in [0.2, 0.25) is 5.91 Å². The lowest BCUT2D eigenvalue weighted by atomic mass is 9.98. The van der Waals surface area contributed by atoms with Crippen LogP contribution in [0.5, 0.6) is 0 Å². The lowest BCUT2D eigenvalue weighted by Gasteiger charge is -2.19. The van der Waals surface area contributed by atoms with E-state index in [4.69, 9.17) is 9.47 Å². The molecule has 1 aliphatic rings. The number of aromatic carboxylic acids is 1. The molecule has 0 fully saturated rings. The smallest absolute Gasteiger partial charge is 0.407 e. The number of carbonyl (C=O) groups is 3. The standard InChI is InChI=1S/C26H23BrN2O6/c1-34-14-23(24(30)28-22-11-10-15(27)12-20(22)25(31)32)29-26(33)35-13-21-18-8-4-2-6-16(18)17-7-3-5-9-19(17)21/h2-12,21,23H,13-14H2,1H3,(H,28,30)(H,29,33)(H,31,32)/t23-/m0/s1. The van der Waals surface area contributed by atoms with Gasteiger partial charge in [-0.2, -0.15) is 0 Å². The van der Waals surface area contributed by atoms with Crippen molar-refractivity contribution in [2.75, 3.05) is 25.6 Å². The van der Waals surface area contributed by atoms with E-state index in [-0.39, 0.29) is 30.4 Å². The SMILES string of the molecule is COC[C@H](NC(=O)OCC1c2ccccc2-c2ccccc21)C(=O)Nc1ccc(Br)cc1C(=O)O. The summed E-state index contributed by atoms with van der Waals surface area (Å²) in [5.41, 5.74) is 4.37. The first kappa shape index (κ1) is 24.4. The van der Waals surface area contributed by atoms with Crippen molar-refractivity contribution in [3.05, 3.63) is 87.9 Å². The summed E-state index contributed by atoms with van der Waals surface area (Å²) in [6, 6.07) is 19.3. The van der Waals surface area contributed by atoms with Crippen molar-refractivity contribution in [1.82, 2.24) is 5.32 Å². The van der Waals surface area contributed by atoms with E-state index in [1.165, 1.54) is 19.2 Å². The van der Waals surface area contributed by atoms with Crippen LogP contribution in [0.15, 0.2) is 71.2 Å². The van der Waals surface area contributed by atoms with E-state index < -0.39 is 24.0 Å². The van der Waals surface area contributed by atoms with Crippen LogP contribution in [0.3, 0.4) is 0 Å². The summed E-state index contributed by atoms with van der Waals surface area (Å²) in [5, 5.41) is 14.5. The molecule has 0 spiro atoms. The number of ether oxygens (including phenoxy) is 2. The van der Waals surface area contributed by atoms with Gasteiger partial charge in [-0.1, -0.05) is 64.5 Å². The molecule has 2 amide bonds. The molecule has 180 valence electrons. The highest BCUT2D eigenvalue weighted by molar-refractivity contribution is 9.10. The number of halogens is 1. The van der Waals surface area contributed by atoms with Gasteiger partial charge in [-0.05, 0) is 40.5 Å². The van der Waals surface area contributed by atoms with Crippen molar-refractivity contribution in [3.63, 3.8) is 0 Å². The van der Waals surface area contributed by atoms with E-state index >= 15 is 0 Å². The van der Waals surface area contributed by atoms with E-state index in [0.717, 1.165) is 22.3 Å². The molecule has 1 atom stereocenters. The lowest BCUT2D eigenvalue weighted by molar-refractivity contribution is -0.119. The van der Waals surface area contributed by atoms with Gasteiger partial charge in [-0.15, -0.1) is 0 Å². The maximum absolute atomic E-state index is 12.8. The molecule has 0 unspecified atom stereocenters. The van der Waals surface area contributed by atoms with Gasteiger partial charge < -0.3 is 25.2 Å². The summed E-state index contributed by atoms with van der Waals surface area (Å²) in [5.74, 6) is -1.96. The third kappa shape index (κ3) is 5.36. The number of carboxylic acids is 1. The predicted molar refractivity (Wildman–Crippen MR) is 134 cm³/mol. The molecule has 4 rings (SSSR count). The minimum Gasteiger partial charge on any atom is -0.478 e. The van der Waals surface area contributed by atoms with E-state index in [9.17, 15) is 19.5 Å². The zero-order chi connectivity index (χ0) is 24.9. The van der Waals surface area contributed by atoms with Crippen molar-refractivity contribution < 1.29 is 29.0 Å². The molecule has 0 heterocycles. The van der Waals surface area contributed by atoms with Crippen LogP contribution in [0.4, 0.5) is 10.5 Å². The highest BCUT2D eigenvalue weighted by Gasteiger charge is 2.30. The Morgan fingerprint density at radius 1 is 1.00 bits per heavy atom. The predicted octanol–water partition coefficient (Wildman–Crippen LogP) is 4.64. The Balaban J connectivity index is 1.43. The molecule has 3 N–H and O–H groups in total. The first-order chi connectivity index (χ1) is 16.9. The van der Waals surface area contributed by atoms with Crippen LogP contribution in [-0.4, -0.2) is 49.4 Å². The number of nitrogens with one attached hydrogen (secondary N) is 2. The van der Waals surface area contributed by atoms with Crippen LogP contribution in [0.1, 0.15) is 27.4 Å². The van der Waals surface area contributed by atoms with Gasteiger partial charge in [0.05, 0.1) is 17.9 Å². The Morgan fingerprint density at radius 3 is 2.23 bits per heavy atom. The molecular formula is C26H23BrN2O6. The van der Waals surface area contributed by atoms with Crippen LogP contribution < -0.4 is 10.6 Å². The highest BCUT2D eigenvalue weighted by atomic mass is 79.9. The molecule has 1 aliphatic carbocycles. The Morgan fingerprint density at radius 2 is 1.63 bits per heavy atom. The van der Waals surface area contributed by atoms with Gasteiger partial charge in [0.1, 0.15) is 12.6 Å². The molecule has 3 aromatic rings. The summed E-state index contributed by atoms with van der Waals surface area (Å²) in [4.78, 5) is 37.0. The monoisotopic (exact) mass is 538 g/mol. The van der Waals surface area contributed by atoms with E-state index in [1.807, 2.05) is 48.5 Å². The average molecular weight is 539 g/mol. The summed E-state index contributed by atoms with van der Waals surface area (Å²) in [6.07, 6.45) is -0.779. The number of hydrogen-bond donors (Lipinski definition) is 3. The summed E-state index contributed by atoms with van der Waals surface area (Å²) in [7, 11) is 1.39. The molecule has 0 saturated carbocycles. The van der Waals surface area contributed by atoms with Crippen LogP contribution in [0.25, 0.3) is 11.1 Å². The van der Waals surface area contributed by atoms with Gasteiger partial charge in [-0.3, -0.25) is 4.79 Å². The zero-order valence-electron chi connectivity index (χ0n) is 18.8. The lowest BCUT2D eigenvalue weighted by Crippen LogP contribution is -2.47. The van der Waals surface area contributed by atoms with Crippen molar-refractivity contribution in [2.45, 2.75) is 12.0 Å². The number of amides is 2. The van der Waals surface area contributed by atoms with Gasteiger partial charge in [0.25, 0.3) is 0 Å². The number of fused-ring (bicyclic) bond motifs is 3. The number of carboxylic acid groups (broad SMARTS) is 1. The minimum atomic E-state index is -1.20. The quantitative estimate of drug-likeness (QED) is 0.385. The maximum atomic E-state index is 12.8. The van der Waals surface area contributed by atoms with Gasteiger partial charge in [0.15, 0.2) is 0 Å². The van der Waals surface area contributed by atoms with Crippen LogP contribution in [0.2, 0.25) is 0 Å². The first-order valence-electron chi connectivity index (χ1n) is 10.8. The van der Waals surface area contributed by atoms with Gasteiger partial charge in [0, 0.05) is 17.5 Å². The molecule has 0 aliphatic heterocycles. The zero-order valence-corrected chi connectivity index (χ0v) is 20.4. The fourth-order valence-electron chi connectivity index (χ4n) is 4.15. The fourth-order valence-corrected chi connectivity index (χ4v) is 4.52. The molecule has 3 aromatic carbocycles. The van der Waals surface area contributed by atoms with Gasteiger partial charge in [-0.25, -0.2) is 9.59 Å². The molecule has 0 saturated heterocycles. The number of hydrogen-bond acceptors (Lipinski definition) is 5. The molecular weight excluding hydrogens is 516 g/mol. The first-order valence-corrected chi connectivity index (χ1v) is 11.6. The minimum absolute atomic E-state index is 0.0926. The summed E-state index contributed by atoms with van der Waals surface area (Å²) in [6.45, 7) is -0.0357. The Hall–Kier alpha value is -3.69. The number of methoxy groups -OCH3 is 1.